The van der Waals surface area contributed by atoms with E-state index in [9.17, 15) is 9.59 Å². The number of aryl methyl sites for hydroxylation is 1. The van der Waals surface area contributed by atoms with Crippen molar-refractivity contribution >= 4 is 23.2 Å². The summed E-state index contributed by atoms with van der Waals surface area (Å²) in [5.74, 6) is 0.784. The van der Waals surface area contributed by atoms with E-state index in [2.05, 4.69) is 15.7 Å². The molecule has 1 aromatic heterocycles. The number of benzene rings is 1. The Hall–Kier alpha value is -2.63. The number of fused-ring (bicyclic) bond motifs is 2. The first-order valence-corrected chi connectivity index (χ1v) is 7.50. The van der Waals surface area contributed by atoms with Gasteiger partial charge in [-0.25, -0.2) is 4.68 Å². The largest absolute Gasteiger partial charge is 0.368 e. The van der Waals surface area contributed by atoms with Crippen molar-refractivity contribution in [1.29, 1.82) is 0 Å². The van der Waals surface area contributed by atoms with E-state index in [0.717, 1.165) is 30.9 Å². The average molecular weight is 296 g/mol. The van der Waals surface area contributed by atoms with Crippen LogP contribution in [-0.2, 0) is 13.0 Å². The van der Waals surface area contributed by atoms with Crippen LogP contribution in [0.25, 0.3) is 0 Å². The summed E-state index contributed by atoms with van der Waals surface area (Å²) in [7, 11) is 0. The number of Topliss-reactive ketones (excluding diaryl/α,β-unsaturated/α-hetero) is 1. The Balaban J connectivity index is 1.64. The van der Waals surface area contributed by atoms with Crippen molar-refractivity contribution in [2.24, 2.45) is 0 Å². The molecule has 2 aliphatic rings. The van der Waals surface area contributed by atoms with Crippen molar-refractivity contribution in [2.75, 3.05) is 17.2 Å². The summed E-state index contributed by atoms with van der Waals surface area (Å²) in [6, 6.07) is 5.34. The van der Waals surface area contributed by atoms with Crippen molar-refractivity contribution in [3.63, 3.8) is 0 Å². The molecule has 0 atom stereocenters. The Morgan fingerprint density at radius 1 is 1.32 bits per heavy atom. The van der Waals surface area contributed by atoms with Crippen molar-refractivity contribution in [1.82, 2.24) is 9.78 Å². The van der Waals surface area contributed by atoms with E-state index in [4.69, 9.17) is 0 Å². The second-order valence-corrected chi connectivity index (χ2v) is 5.62. The zero-order valence-electron chi connectivity index (χ0n) is 12.1. The molecule has 0 saturated carbocycles. The quantitative estimate of drug-likeness (QED) is 0.889. The van der Waals surface area contributed by atoms with E-state index >= 15 is 0 Å². The molecule has 1 amide bonds. The van der Waals surface area contributed by atoms with Gasteiger partial charge < -0.3 is 10.6 Å². The molecule has 112 valence electrons. The molecule has 2 aromatic rings. The molecular weight excluding hydrogens is 280 g/mol. The van der Waals surface area contributed by atoms with E-state index in [1.807, 2.05) is 4.68 Å². The number of nitrogens with one attached hydrogen (secondary N) is 2. The van der Waals surface area contributed by atoms with Gasteiger partial charge in [0.25, 0.3) is 5.91 Å². The van der Waals surface area contributed by atoms with Gasteiger partial charge in [-0.2, -0.15) is 5.10 Å². The minimum absolute atomic E-state index is 0.120. The molecule has 4 rings (SSSR count). The van der Waals surface area contributed by atoms with Crippen LogP contribution in [0, 0.1) is 0 Å². The number of amides is 1. The Labute approximate surface area is 127 Å². The fourth-order valence-corrected chi connectivity index (χ4v) is 3.16. The lowest BCUT2D eigenvalue weighted by atomic mass is 10.0. The van der Waals surface area contributed by atoms with E-state index in [0.29, 0.717) is 29.7 Å². The smallest absolute Gasteiger partial charge is 0.256 e. The fraction of sp³-hybridized carbons (Fsp3) is 0.312. The van der Waals surface area contributed by atoms with Crippen molar-refractivity contribution in [2.45, 2.75) is 25.8 Å². The number of ketones is 1. The number of nitrogens with zero attached hydrogens (tertiary/aromatic N) is 2. The number of aromatic nitrogens is 2. The number of rotatable bonds is 2. The first-order valence-electron chi connectivity index (χ1n) is 7.50. The lowest BCUT2D eigenvalue weighted by molar-refractivity contribution is 0.0993. The Kier molecular flexibility index (Phi) is 2.96. The summed E-state index contributed by atoms with van der Waals surface area (Å²) in [4.78, 5) is 24.4. The molecule has 1 aromatic carbocycles. The highest BCUT2D eigenvalue weighted by atomic mass is 16.1. The maximum atomic E-state index is 12.6. The Bertz CT molecular complexity index is 778. The van der Waals surface area contributed by atoms with Gasteiger partial charge in [-0.15, -0.1) is 0 Å². The molecule has 0 fully saturated rings. The minimum Gasteiger partial charge on any atom is -0.368 e. The van der Waals surface area contributed by atoms with Crippen LogP contribution >= 0.6 is 0 Å². The third-order valence-electron chi connectivity index (χ3n) is 4.25. The molecule has 0 bridgehead atoms. The third kappa shape index (κ3) is 1.99. The molecule has 0 unspecified atom stereocenters. The monoisotopic (exact) mass is 296 g/mol. The van der Waals surface area contributed by atoms with Gasteiger partial charge in [-0.3, -0.25) is 9.59 Å². The van der Waals surface area contributed by atoms with Crippen molar-refractivity contribution < 1.29 is 9.59 Å². The lowest BCUT2D eigenvalue weighted by Crippen LogP contribution is -2.20. The highest BCUT2D eigenvalue weighted by molar-refractivity contribution is 6.10. The minimum atomic E-state index is -0.185. The van der Waals surface area contributed by atoms with Crippen LogP contribution in [0.15, 0.2) is 24.4 Å². The van der Waals surface area contributed by atoms with Crippen LogP contribution in [0.4, 0.5) is 11.5 Å². The molecule has 22 heavy (non-hydrogen) atoms. The Morgan fingerprint density at radius 3 is 3.14 bits per heavy atom. The number of hydrogen-bond acceptors (Lipinski definition) is 4. The van der Waals surface area contributed by atoms with Crippen LogP contribution in [0.3, 0.4) is 0 Å². The van der Waals surface area contributed by atoms with E-state index in [1.54, 1.807) is 24.4 Å². The third-order valence-corrected chi connectivity index (χ3v) is 4.25. The van der Waals surface area contributed by atoms with Gasteiger partial charge >= 0.3 is 0 Å². The predicted molar refractivity (Wildman–Crippen MR) is 82.4 cm³/mol. The number of hydrogen-bond donors (Lipinski definition) is 2. The molecule has 6 nitrogen and oxygen atoms in total. The van der Waals surface area contributed by atoms with Crippen molar-refractivity contribution in [3.8, 4) is 0 Å². The number of carbonyl (C=O) groups excluding carboxylic acids is 2. The fourth-order valence-electron chi connectivity index (χ4n) is 3.16. The zero-order chi connectivity index (χ0) is 15.1. The summed E-state index contributed by atoms with van der Waals surface area (Å²) in [5, 5.41) is 10.4. The Morgan fingerprint density at radius 2 is 2.23 bits per heavy atom. The summed E-state index contributed by atoms with van der Waals surface area (Å²) in [6.45, 7) is 1.73. The summed E-state index contributed by atoms with van der Waals surface area (Å²) < 4.78 is 1.86. The highest BCUT2D eigenvalue weighted by Crippen LogP contribution is 2.28. The number of anilines is 2. The van der Waals surface area contributed by atoms with Gasteiger partial charge in [0.1, 0.15) is 11.5 Å². The summed E-state index contributed by atoms with van der Waals surface area (Å²) in [5.41, 5.74) is 2.81. The molecular formula is C16H16N4O2. The molecule has 2 heterocycles. The van der Waals surface area contributed by atoms with Crippen LogP contribution in [0.2, 0.25) is 0 Å². The molecule has 2 N–H and O–H groups in total. The molecule has 0 radical (unpaired) electrons. The number of carbonyl (C=O) groups is 2. The maximum Gasteiger partial charge on any atom is 0.256 e. The van der Waals surface area contributed by atoms with Gasteiger partial charge in [0, 0.05) is 30.6 Å². The molecule has 6 heteroatoms. The van der Waals surface area contributed by atoms with Crippen LogP contribution in [0.1, 0.15) is 39.1 Å². The van der Waals surface area contributed by atoms with Crippen LogP contribution < -0.4 is 10.6 Å². The van der Waals surface area contributed by atoms with Gasteiger partial charge in [-0.1, -0.05) is 12.1 Å². The topological polar surface area (TPSA) is 76.0 Å². The molecule has 0 saturated heterocycles. The first-order chi connectivity index (χ1) is 10.7. The van der Waals surface area contributed by atoms with Gasteiger partial charge in [-0.05, 0) is 24.5 Å². The maximum absolute atomic E-state index is 12.6. The summed E-state index contributed by atoms with van der Waals surface area (Å²) >= 11 is 0. The van der Waals surface area contributed by atoms with Gasteiger partial charge in [0.15, 0.2) is 5.78 Å². The zero-order valence-corrected chi connectivity index (χ0v) is 12.1. The second kappa shape index (κ2) is 4.98. The van der Waals surface area contributed by atoms with Crippen LogP contribution in [0.5, 0.6) is 0 Å². The SMILES string of the molecule is O=C1CCc2c1cccc2C(=O)Nc1cnn2c1NCCC2. The standard InChI is InChI=1S/C16H16N4O2/c21-14-6-5-10-11(14)3-1-4-12(10)16(22)19-13-9-18-20-8-2-7-17-15(13)20/h1,3-4,9,17H,2,5-8H2,(H,19,22). The molecule has 0 spiro atoms. The van der Waals surface area contributed by atoms with Crippen LogP contribution in [-0.4, -0.2) is 28.0 Å². The summed E-state index contributed by atoms with van der Waals surface area (Å²) in [6.07, 6.45) is 3.82. The molecule has 1 aliphatic carbocycles. The molecule has 1 aliphatic heterocycles. The van der Waals surface area contributed by atoms with E-state index < -0.39 is 0 Å². The average Bonchev–Trinajstić information content (AvgIpc) is 3.12. The second-order valence-electron chi connectivity index (χ2n) is 5.62. The van der Waals surface area contributed by atoms with E-state index in [-0.39, 0.29) is 11.7 Å². The first kappa shape index (κ1) is 13.1. The normalized spacial score (nSPS) is 15.9. The lowest BCUT2D eigenvalue weighted by Gasteiger charge is -2.17. The predicted octanol–water partition coefficient (Wildman–Crippen LogP) is 2.08. The van der Waals surface area contributed by atoms with E-state index in [1.165, 1.54) is 0 Å². The van der Waals surface area contributed by atoms with Crippen molar-refractivity contribution in [3.05, 3.63) is 41.1 Å². The van der Waals surface area contributed by atoms with Gasteiger partial charge in [0.2, 0.25) is 0 Å². The van der Waals surface area contributed by atoms with Gasteiger partial charge in [0.05, 0.1) is 6.20 Å². The highest BCUT2D eigenvalue weighted by Gasteiger charge is 2.25.